The van der Waals surface area contributed by atoms with Crippen molar-refractivity contribution in [2.75, 3.05) is 36.4 Å². The highest BCUT2D eigenvalue weighted by atomic mass is 32.2. The van der Waals surface area contributed by atoms with Crippen molar-refractivity contribution < 1.29 is 26.8 Å². The fourth-order valence-corrected chi connectivity index (χ4v) is 4.82. The molecule has 38 heavy (non-hydrogen) atoms. The first-order valence-electron chi connectivity index (χ1n) is 11.9. The van der Waals surface area contributed by atoms with Crippen LogP contribution in [0.5, 0.6) is 5.75 Å². The molecule has 200 valence electrons. The Balaban J connectivity index is 1.50. The van der Waals surface area contributed by atoms with Crippen LogP contribution in [0.3, 0.4) is 0 Å². The lowest BCUT2D eigenvalue weighted by Gasteiger charge is -2.12. The SMILES string of the molecule is CNC(=O)c1c(-c2ccc(F)cc2)oc2cc(NCS(C)(=O)=O)c(OCc3nsc(NCC4CC4)n3)cc12. The lowest BCUT2D eigenvalue weighted by molar-refractivity contribution is 0.0964. The molecule has 1 saturated carbocycles. The van der Waals surface area contributed by atoms with E-state index in [-0.39, 0.29) is 23.8 Å². The molecule has 0 atom stereocenters. The van der Waals surface area contributed by atoms with E-state index in [9.17, 15) is 17.6 Å². The topological polar surface area (TPSA) is 135 Å². The lowest BCUT2D eigenvalue weighted by Crippen LogP contribution is -2.18. The second kappa shape index (κ2) is 10.6. The summed E-state index contributed by atoms with van der Waals surface area (Å²) in [5, 5.41) is 9.91. The van der Waals surface area contributed by atoms with E-state index in [4.69, 9.17) is 9.15 Å². The number of carbonyl (C=O) groups excluding carboxylic acids is 1. The van der Waals surface area contributed by atoms with E-state index in [0.717, 1.165) is 12.8 Å². The molecule has 0 aliphatic heterocycles. The van der Waals surface area contributed by atoms with Gasteiger partial charge in [0.25, 0.3) is 5.91 Å². The van der Waals surface area contributed by atoms with E-state index in [2.05, 4.69) is 25.3 Å². The molecule has 2 aromatic carbocycles. The molecule has 2 aromatic heterocycles. The second-order valence-corrected chi connectivity index (χ2v) is 12.0. The molecule has 1 fully saturated rings. The van der Waals surface area contributed by atoms with Crippen LogP contribution in [0.15, 0.2) is 40.8 Å². The third-order valence-corrected chi connectivity index (χ3v) is 7.32. The molecule has 1 amide bonds. The largest absolute Gasteiger partial charge is 0.483 e. The zero-order chi connectivity index (χ0) is 26.9. The summed E-state index contributed by atoms with van der Waals surface area (Å²) >= 11 is 1.24. The van der Waals surface area contributed by atoms with Crippen LogP contribution in [0.1, 0.15) is 29.0 Å². The molecular formula is C25H26FN5O5S2. The number of hydrogen-bond acceptors (Lipinski definition) is 10. The molecule has 3 N–H and O–H groups in total. The predicted octanol–water partition coefficient (Wildman–Crippen LogP) is 4.26. The van der Waals surface area contributed by atoms with Gasteiger partial charge in [-0.15, -0.1) is 0 Å². The van der Waals surface area contributed by atoms with E-state index in [1.54, 1.807) is 12.1 Å². The number of halogens is 1. The minimum Gasteiger partial charge on any atom is -0.483 e. The van der Waals surface area contributed by atoms with Gasteiger partial charge in [-0.05, 0) is 49.1 Å². The fraction of sp³-hybridized carbons (Fsp3) is 0.320. The van der Waals surface area contributed by atoms with Crippen molar-refractivity contribution in [1.82, 2.24) is 14.7 Å². The minimum absolute atomic E-state index is 0.0264. The Morgan fingerprint density at radius 3 is 2.66 bits per heavy atom. The van der Waals surface area contributed by atoms with Crippen molar-refractivity contribution in [2.45, 2.75) is 19.4 Å². The molecule has 0 spiro atoms. The lowest BCUT2D eigenvalue weighted by atomic mass is 10.0. The van der Waals surface area contributed by atoms with E-state index < -0.39 is 21.6 Å². The van der Waals surface area contributed by atoms with Crippen LogP contribution in [0.4, 0.5) is 15.2 Å². The number of nitrogens with zero attached hydrogens (tertiary/aromatic N) is 2. The highest BCUT2D eigenvalue weighted by Crippen LogP contribution is 2.39. The molecule has 0 unspecified atom stereocenters. The van der Waals surface area contributed by atoms with Crippen molar-refractivity contribution >= 4 is 49.1 Å². The quantitative estimate of drug-likeness (QED) is 0.246. The Hall–Kier alpha value is -3.71. The van der Waals surface area contributed by atoms with Crippen molar-refractivity contribution in [1.29, 1.82) is 0 Å². The zero-order valence-electron chi connectivity index (χ0n) is 20.7. The van der Waals surface area contributed by atoms with Gasteiger partial charge in [-0.1, -0.05) is 0 Å². The molecule has 1 aliphatic carbocycles. The summed E-state index contributed by atoms with van der Waals surface area (Å²) in [5.41, 5.74) is 1.43. The third kappa shape index (κ3) is 6.05. The molecule has 10 nitrogen and oxygen atoms in total. The molecule has 13 heteroatoms. The predicted molar refractivity (Wildman–Crippen MR) is 144 cm³/mol. The maximum atomic E-state index is 13.5. The van der Waals surface area contributed by atoms with E-state index in [1.807, 2.05) is 0 Å². The Morgan fingerprint density at radius 2 is 1.97 bits per heavy atom. The first-order valence-corrected chi connectivity index (χ1v) is 14.7. The first kappa shape index (κ1) is 25.9. The standard InChI is InChI=1S/C25H26FN5O5S2/c1-27-24(32)22-17-9-20(35-12-21-30-25(37-31-21)28-11-14-3-4-14)18(29-13-38(2,33)34)10-19(17)36-23(22)15-5-7-16(26)8-6-15/h5-10,14,29H,3-4,11-13H2,1-2H3,(H,27,32)(H,28,30,31). The molecule has 0 saturated heterocycles. The second-order valence-electron chi connectivity index (χ2n) is 9.11. The van der Waals surface area contributed by atoms with Crippen LogP contribution in [0.2, 0.25) is 0 Å². The van der Waals surface area contributed by atoms with Gasteiger partial charge in [0.1, 0.15) is 35.4 Å². The number of hydrogen-bond donors (Lipinski definition) is 3. The number of nitrogens with one attached hydrogen (secondary N) is 3. The zero-order valence-corrected chi connectivity index (χ0v) is 22.3. The van der Waals surface area contributed by atoms with Gasteiger partial charge in [0.05, 0.1) is 11.3 Å². The summed E-state index contributed by atoms with van der Waals surface area (Å²) in [6, 6.07) is 8.77. The average Bonchev–Trinajstić information content (AvgIpc) is 3.49. The van der Waals surface area contributed by atoms with Gasteiger partial charge >= 0.3 is 0 Å². The summed E-state index contributed by atoms with van der Waals surface area (Å²) in [6.07, 6.45) is 3.56. The highest BCUT2D eigenvalue weighted by Gasteiger charge is 2.24. The number of sulfone groups is 1. The molecule has 0 bridgehead atoms. The maximum absolute atomic E-state index is 13.5. The first-order chi connectivity index (χ1) is 18.2. The molecule has 0 radical (unpaired) electrons. The number of ether oxygens (including phenoxy) is 1. The van der Waals surface area contributed by atoms with E-state index in [1.165, 1.54) is 55.7 Å². The van der Waals surface area contributed by atoms with Crippen LogP contribution >= 0.6 is 11.5 Å². The van der Waals surface area contributed by atoms with Crippen LogP contribution in [-0.4, -0.2) is 49.4 Å². The maximum Gasteiger partial charge on any atom is 0.255 e. The molecule has 2 heterocycles. The normalized spacial score (nSPS) is 13.4. The Kier molecular flexibility index (Phi) is 7.21. The average molecular weight is 560 g/mol. The molecule has 5 rings (SSSR count). The van der Waals surface area contributed by atoms with Gasteiger partial charge in [0, 0.05) is 48.4 Å². The van der Waals surface area contributed by atoms with Gasteiger partial charge in [-0.2, -0.15) is 9.36 Å². The summed E-state index contributed by atoms with van der Waals surface area (Å²) in [7, 11) is -1.86. The number of benzene rings is 2. The molecular weight excluding hydrogens is 533 g/mol. The van der Waals surface area contributed by atoms with Crippen molar-refractivity contribution in [3.63, 3.8) is 0 Å². The van der Waals surface area contributed by atoms with Crippen molar-refractivity contribution in [3.8, 4) is 17.1 Å². The number of aromatic nitrogens is 2. The Labute approximate surface area is 222 Å². The highest BCUT2D eigenvalue weighted by molar-refractivity contribution is 7.90. The van der Waals surface area contributed by atoms with Gasteiger partial charge in [-0.3, -0.25) is 4.79 Å². The minimum atomic E-state index is -3.36. The number of fused-ring (bicyclic) bond motifs is 1. The summed E-state index contributed by atoms with van der Waals surface area (Å²) in [5.74, 6) is 0.533. The van der Waals surface area contributed by atoms with E-state index in [0.29, 0.717) is 44.8 Å². The van der Waals surface area contributed by atoms with Crippen LogP contribution in [0.25, 0.3) is 22.3 Å². The number of amides is 1. The van der Waals surface area contributed by atoms with Crippen LogP contribution < -0.4 is 20.7 Å². The van der Waals surface area contributed by atoms with Gasteiger partial charge in [0.15, 0.2) is 15.7 Å². The van der Waals surface area contributed by atoms with Crippen LogP contribution in [0, 0.1) is 11.7 Å². The van der Waals surface area contributed by atoms with Crippen LogP contribution in [-0.2, 0) is 16.4 Å². The summed E-state index contributed by atoms with van der Waals surface area (Å²) in [6.45, 7) is 0.892. The van der Waals surface area contributed by atoms with Crippen molar-refractivity contribution in [3.05, 3.63) is 53.6 Å². The molecule has 4 aromatic rings. The summed E-state index contributed by atoms with van der Waals surface area (Å²) < 4.78 is 53.6. The Morgan fingerprint density at radius 1 is 1.21 bits per heavy atom. The number of rotatable bonds is 11. The number of furan rings is 1. The molecule has 1 aliphatic rings. The van der Waals surface area contributed by atoms with Gasteiger partial charge in [-0.25, -0.2) is 12.8 Å². The van der Waals surface area contributed by atoms with Gasteiger partial charge < -0.3 is 25.1 Å². The third-order valence-electron chi connectivity index (χ3n) is 5.94. The van der Waals surface area contributed by atoms with Crippen molar-refractivity contribution in [2.24, 2.45) is 5.92 Å². The summed E-state index contributed by atoms with van der Waals surface area (Å²) in [4.78, 5) is 17.3. The Bertz CT molecular complexity index is 1580. The van der Waals surface area contributed by atoms with Gasteiger partial charge in [0.2, 0.25) is 5.13 Å². The van der Waals surface area contributed by atoms with E-state index >= 15 is 0 Å². The number of anilines is 2. The number of carbonyl (C=O) groups is 1. The monoisotopic (exact) mass is 559 g/mol. The fourth-order valence-electron chi connectivity index (χ4n) is 3.82. The smallest absolute Gasteiger partial charge is 0.255 e.